The Morgan fingerprint density at radius 3 is 2.76 bits per heavy atom. The summed E-state index contributed by atoms with van der Waals surface area (Å²) in [5.41, 5.74) is 0.446. The van der Waals surface area contributed by atoms with Gasteiger partial charge in [-0.05, 0) is 50.6 Å². The van der Waals surface area contributed by atoms with Gasteiger partial charge in [0.2, 0.25) is 5.91 Å². The van der Waals surface area contributed by atoms with Crippen molar-refractivity contribution in [3.8, 4) is 0 Å². The number of aromatic nitrogens is 1. The van der Waals surface area contributed by atoms with Crippen LogP contribution >= 0.6 is 11.3 Å². The van der Waals surface area contributed by atoms with Crippen LogP contribution in [0.2, 0.25) is 0 Å². The van der Waals surface area contributed by atoms with E-state index in [-0.39, 0.29) is 11.8 Å². The second-order valence-electron chi connectivity index (χ2n) is 7.46. The zero-order valence-corrected chi connectivity index (χ0v) is 16.0. The van der Waals surface area contributed by atoms with Gasteiger partial charge in [-0.3, -0.25) is 9.59 Å². The Balaban J connectivity index is 1.54. The molecule has 1 aromatic rings. The van der Waals surface area contributed by atoms with Crippen LogP contribution in [0.4, 0.5) is 5.13 Å². The van der Waals surface area contributed by atoms with Gasteiger partial charge < -0.3 is 15.1 Å². The number of amides is 2. The number of hydrogen-bond donors (Lipinski definition) is 1. The van der Waals surface area contributed by atoms with Crippen molar-refractivity contribution < 1.29 is 9.59 Å². The van der Waals surface area contributed by atoms with Gasteiger partial charge >= 0.3 is 0 Å². The lowest BCUT2D eigenvalue weighted by molar-refractivity contribution is -0.114. The largest absolute Gasteiger partial charge is 0.337 e. The smallest absolute Gasteiger partial charge is 0.273 e. The summed E-state index contributed by atoms with van der Waals surface area (Å²) in [5, 5.41) is 4.87. The molecule has 0 bridgehead atoms. The first-order valence-corrected chi connectivity index (χ1v) is 10.1. The van der Waals surface area contributed by atoms with Crippen molar-refractivity contribution in [1.29, 1.82) is 0 Å². The number of nitrogens with one attached hydrogen (secondary N) is 1. The molecule has 2 aliphatic heterocycles. The van der Waals surface area contributed by atoms with Crippen molar-refractivity contribution in [2.24, 2.45) is 11.8 Å². The van der Waals surface area contributed by atoms with E-state index in [0.717, 1.165) is 32.0 Å². The van der Waals surface area contributed by atoms with Crippen LogP contribution in [0.3, 0.4) is 0 Å². The summed E-state index contributed by atoms with van der Waals surface area (Å²) in [6.07, 6.45) is 4.84. The van der Waals surface area contributed by atoms with Crippen molar-refractivity contribution in [2.75, 3.05) is 38.0 Å². The van der Waals surface area contributed by atoms with Crippen molar-refractivity contribution in [2.45, 2.75) is 39.5 Å². The van der Waals surface area contributed by atoms with Gasteiger partial charge in [0.25, 0.3) is 5.91 Å². The molecule has 0 aliphatic carbocycles. The van der Waals surface area contributed by atoms with E-state index in [1.165, 1.54) is 50.6 Å². The molecule has 3 rings (SSSR count). The van der Waals surface area contributed by atoms with Gasteiger partial charge in [-0.15, -0.1) is 11.3 Å². The molecular weight excluding hydrogens is 336 g/mol. The van der Waals surface area contributed by atoms with Crippen LogP contribution in [0.25, 0.3) is 0 Å². The number of rotatable bonds is 4. The number of thiazole rings is 1. The lowest BCUT2D eigenvalue weighted by atomic mass is 9.94. The van der Waals surface area contributed by atoms with Gasteiger partial charge in [0.05, 0.1) is 0 Å². The molecule has 138 valence electrons. The van der Waals surface area contributed by atoms with Crippen LogP contribution in [0.5, 0.6) is 0 Å². The summed E-state index contributed by atoms with van der Waals surface area (Å²) in [5.74, 6) is 1.23. The zero-order chi connectivity index (χ0) is 17.8. The topological polar surface area (TPSA) is 65.5 Å². The number of likely N-dealkylation sites (tertiary alicyclic amines) is 2. The fourth-order valence-corrected chi connectivity index (χ4v) is 4.48. The van der Waals surface area contributed by atoms with Crippen molar-refractivity contribution in [3.05, 3.63) is 11.1 Å². The summed E-state index contributed by atoms with van der Waals surface area (Å²) < 4.78 is 0. The molecule has 1 aromatic heterocycles. The molecule has 7 heteroatoms. The minimum atomic E-state index is -0.165. The van der Waals surface area contributed by atoms with Gasteiger partial charge in [-0.2, -0.15) is 0 Å². The fourth-order valence-electron chi connectivity index (χ4n) is 3.75. The summed E-state index contributed by atoms with van der Waals surface area (Å²) in [6.45, 7) is 8.89. The summed E-state index contributed by atoms with van der Waals surface area (Å²) in [4.78, 5) is 32.6. The number of carbonyl (C=O) groups is 2. The van der Waals surface area contributed by atoms with Crippen LogP contribution in [0.1, 0.15) is 50.0 Å². The fraction of sp³-hybridized carbons (Fsp3) is 0.722. The number of carbonyl (C=O) groups excluding carboxylic acids is 2. The molecule has 6 nitrogen and oxygen atoms in total. The van der Waals surface area contributed by atoms with Crippen LogP contribution in [0, 0.1) is 11.8 Å². The highest BCUT2D eigenvalue weighted by molar-refractivity contribution is 7.14. The van der Waals surface area contributed by atoms with E-state index in [9.17, 15) is 9.59 Å². The first kappa shape index (κ1) is 18.3. The van der Waals surface area contributed by atoms with Crippen LogP contribution < -0.4 is 5.32 Å². The molecule has 2 amide bonds. The van der Waals surface area contributed by atoms with E-state index in [1.807, 2.05) is 4.90 Å². The van der Waals surface area contributed by atoms with Crippen molar-refractivity contribution >= 4 is 28.3 Å². The maximum atomic E-state index is 12.7. The third-order valence-electron chi connectivity index (χ3n) is 5.21. The first-order chi connectivity index (χ1) is 12.0. The highest BCUT2D eigenvalue weighted by atomic mass is 32.1. The number of nitrogens with zero attached hydrogens (tertiary/aromatic N) is 3. The van der Waals surface area contributed by atoms with Crippen LogP contribution in [-0.4, -0.2) is 59.3 Å². The molecule has 0 spiro atoms. The summed E-state index contributed by atoms with van der Waals surface area (Å²) in [7, 11) is 0. The Labute approximate surface area is 153 Å². The van der Waals surface area contributed by atoms with E-state index in [1.54, 1.807) is 5.38 Å². The Morgan fingerprint density at radius 1 is 1.28 bits per heavy atom. The molecule has 1 N–H and O–H groups in total. The highest BCUT2D eigenvalue weighted by Gasteiger charge is 2.28. The predicted octanol–water partition coefficient (Wildman–Crippen LogP) is 2.69. The van der Waals surface area contributed by atoms with Crippen LogP contribution in [0.15, 0.2) is 5.38 Å². The molecule has 0 radical (unpaired) electrons. The van der Waals surface area contributed by atoms with E-state index in [0.29, 0.717) is 16.7 Å². The molecule has 2 saturated heterocycles. The average Bonchev–Trinajstić information content (AvgIpc) is 3.04. The maximum Gasteiger partial charge on any atom is 0.273 e. The van der Waals surface area contributed by atoms with Gasteiger partial charge in [0.15, 0.2) is 5.13 Å². The molecule has 25 heavy (non-hydrogen) atoms. The SMILES string of the molecule is CC(=O)Nc1nc(C(=O)N2CCCC(CN3CCC(C)CC3)C2)cs1. The molecule has 0 aromatic carbocycles. The second-order valence-corrected chi connectivity index (χ2v) is 8.32. The van der Waals surface area contributed by atoms with Crippen LogP contribution in [-0.2, 0) is 4.79 Å². The molecule has 0 saturated carbocycles. The lowest BCUT2D eigenvalue weighted by Gasteiger charge is -2.37. The Bertz CT molecular complexity index is 610. The zero-order valence-electron chi connectivity index (χ0n) is 15.2. The van der Waals surface area contributed by atoms with E-state index in [4.69, 9.17) is 0 Å². The highest BCUT2D eigenvalue weighted by Crippen LogP contribution is 2.24. The van der Waals surface area contributed by atoms with Gasteiger partial charge in [-0.25, -0.2) is 4.98 Å². The Hall–Kier alpha value is -1.47. The lowest BCUT2D eigenvalue weighted by Crippen LogP contribution is -2.45. The van der Waals surface area contributed by atoms with Gasteiger partial charge in [-0.1, -0.05) is 6.92 Å². The minimum Gasteiger partial charge on any atom is -0.337 e. The van der Waals surface area contributed by atoms with E-state index < -0.39 is 0 Å². The van der Waals surface area contributed by atoms with Crippen molar-refractivity contribution in [1.82, 2.24) is 14.8 Å². The Kier molecular flexibility index (Phi) is 6.06. The van der Waals surface area contributed by atoms with Crippen molar-refractivity contribution in [3.63, 3.8) is 0 Å². The summed E-state index contributed by atoms with van der Waals surface area (Å²) in [6, 6.07) is 0. The third kappa shape index (κ3) is 5.01. The molecule has 2 fully saturated rings. The molecule has 2 aliphatic rings. The minimum absolute atomic E-state index is 0.00943. The van der Waals surface area contributed by atoms with E-state index in [2.05, 4.69) is 22.1 Å². The maximum absolute atomic E-state index is 12.7. The second kappa shape index (κ2) is 8.27. The number of anilines is 1. The quantitative estimate of drug-likeness (QED) is 0.892. The monoisotopic (exact) mass is 364 g/mol. The Morgan fingerprint density at radius 2 is 2.04 bits per heavy atom. The number of piperidine rings is 2. The van der Waals surface area contributed by atoms with E-state index >= 15 is 0 Å². The average molecular weight is 365 g/mol. The number of hydrogen-bond acceptors (Lipinski definition) is 5. The normalized spacial score (nSPS) is 22.8. The van der Waals surface area contributed by atoms with Gasteiger partial charge in [0, 0.05) is 31.9 Å². The summed E-state index contributed by atoms with van der Waals surface area (Å²) >= 11 is 1.30. The molecule has 3 heterocycles. The van der Waals surface area contributed by atoms with Gasteiger partial charge in [0.1, 0.15) is 5.69 Å². The standard InChI is InChI=1S/C18H28N4O2S/c1-13-5-8-21(9-6-13)10-15-4-3-7-22(11-15)17(24)16-12-25-18(20-16)19-14(2)23/h12-13,15H,3-11H2,1-2H3,(H,19,20,23). The first-order valence-electron chi connectivity index (χ1n) is 9.26. The third-order valence-corrected chi connectivity index (χ3v) is 5.96. The predicted molar refractivity (Wildman–Crippen MR) is 99.9 cm³/mol. The molecular formula is C18H28N4O2S. The molecule has 1 unspecified atom stereocenters. The molecule has 1 atom stereocenters.